The molecule has 7 heteroatoms. The van der Waals surface area contributed by atoms with Crippen LogP contribution in [0, 0.1) is 0 Å². The monoisotopic (exact) mass is 348 g/mol. The number of furan rings is 1. The Kier molecular flexibility index (Phi) is 5.01. The van der Waals surface area contributed by atoms with E-state index in [1.165, 1.54) is 24.7 Å². The highest BCUT2D eigenvalue weighted by molar-refractivity contribution is 7.89. The highest BCUT2D eigenvalue weighted by Gasteiger charge is 2.24. The van der Waals surface area contributed by atoms with Gasteiger partial charge in [0.2, 0.25) is 10.0 Å². The first-order valence-corrected chi connectivity index (χ1v) is 9.45. The first-order valence-electron chi connectivity index (χ1n) is 8.01. The number of nitrogens with one attached hydrogen (secondary N) is 1. The molecule has 6 nitrogen and oxygen atoms in total. The summed E-state index contributed by atoms with van der Waals surface area (Å²) in [5, 5.41) is 2.71. The van der Waals surface area contributed by atoms with Crippen molar-refractivity contribution >= 4 is 21.6 Å². The fourth-order valence-corrected chi connectivity index (χ4v) is 4.26. The van der Waals surface area contributed by atoms with E-state index in [2.05, 4.69) is 5.32 Å². The summed E-state index contributed by atoms with van der Waals surface area (Å²) in [6.07, 6.45) is 6.73. The molecular weight excluding hydrogens is 328 g/mol. The average molecular weight is 348 g/mol. The molecule has 1 aliphatic rings. The quantitative estimate of drug-likeness (QED) is 0.921. The van der Waals surface area contributed by atoms with Crippen molar-refractivity contribution in [2.75, 3.05) is 18.4 Å². The van der Waals surface area contributed by atoms with Gasteiger partial charge in [-0.25, -0.2) is 8.42 Å². The summed E-state index contributed by atoms with van der Waals surface area (Å²) >= 11 is 0. The lowest BCUT2D eigenvalue weighted by atomic mass is 10.2. The lowest BCUT2D eigenvalue weighted by molar-refractivity contribution is 0.102. The predicted octanol–water partition coefficient (Wildman–Crippen LogP) is 3.10. The molecule has 1 amide bonds. The number of hydrogen-bond donors (Lipinski definition) is 1. The first kappa shape index (κ1) is 16.7. The average Bonchev–Trinajstić information content (AvgIpc) is 2.97. The molecule has 0 bridgehead atoms. The van der Waals surface area contributed by atoms with E-state index in [9.17, 15) is 13.2 Å². The number of carbonyl (C=O) groups is 1. The van der Waals surface area contributed by atoms with Crippen molar-refractivity contribution in [2.24, 2.45) is 0 Å². The van der Waals surface area contributed by atoms with Crippen LogP contribution in [0.15, 0.2) is 52.2 Å². The summed E-state index contributed by atoms with van der Waals surface area (Å²) in [6, 6.07) is 7.83. The van der Waals surface area contributed by atoms with Gasteiger partial charge in [0, 0.05) is 18.8 Å². The van der Waals surface area contributed by atoms with Crippen LogP contribution in [0.4, 0.5) is 5.69 Å². The van der Waals surface area contributed by atoms with Crippen LogP contribution < -0.4 is 5.32 Å². The second-order valence-corrected chi connectivity index (χ2v) is 7.75. The number of amides is 1. The summed E-state index contributed by atoms with van der Waals surface area (Å²) < 4.78 is 31.8. The molecule has 128 valence electrons. The molecule has 1 aromatic carbocycles. The van der Waals surface area contributed by atoms with Gasteiger partial charge in [-0.3, -0.25) is 4.79 Å². The zero-order valence-corrected chi connectivity index (χ0v) is 14.1. The number of nitrogens with zero attached hydrogens (tertiary/aromatic N) is 1. The molecule has 0 radical (unpaired) electrons. The second-order valence-electron chi connectivity index (χ2n) is 5.81. The minimum atomic E-state index is -3.47. The standard InChI is InChI=1S/C17H20N2O4S/c20-17(14-9-12-23-13-14)18-15-5-7-16(8-6-15)24(21,22)19-10-3-1-2-4-11-19/h5-9,12-13H,1-4,10-11H2,(H,18,20). The molecule has 1 N–H and O–H groups in total. The third-order valence-corrected chi connectivity index (χ3v) is 6.01. The SMILES string of the molecule is O=C(Nc1ccc(S(=O)(=O)N2CCCCCC2)cc1)c1ccoc1. The van der Waals surface area contributed by atoms with E-state index in [-0.39, 0.29) is 10.8 Å². The molecule has 1 saturated heterocycles. The predicted molar refractivity (Wildman–Crippen MR) is 90.3 cm³/mol. The molecule has 0 aliphatic carbocycles. The van der Waals surface area contributed by atoms with E-state index in [0.29, 0.717) is 24.3 Å². The van der Waals surface area contributed by atoms with E-state index in [1.807, 2.05) is 0 Å². The minimum absolute atomic E-state index is 0.255. The van der Waals surface area contributed by atoms with Crippen LogP contribution in [0.3, 0.4) is 0 Å². The van der Waals surface area contributed by atoms with Crippen LogP contribution in [0.1, 0.15) is 36.0 Å². The van der Waals surface area contributed by atoms with Crippen molar-refractivity contribution in [3.63, 3.8) is 0 Å². The number of rotatable bonds is 4. The summed E-state index contributed by atoms with van der Waals surface area (Å²) in [4.78, 5) is 12.2. The fourth-order valence-electron chi connectivity index (χ4n) is 2.74. The molecule has 0 saturated carbocycles. The van der Waals surface area contributed by atoms with E-state index in [4.69, 9.17) is 4.42 Å². The van der Waals surface area contributed by atoms with Gasteiger partial charge in [0.25, 0.3) is 5.91 Å². The van der Waals surface area contributed by atoms with Crippen LogP contribution in [0.2, 0.25) is 0 Å². The van der Waals surface area contributed by atoms with Crippen molar-refractivity contribution < 1.29 is 17.6 Å². The molecule has 0 spiro atoms. The Bertz CT molecular complexity index is 775. The molecule has 2 heterocycles. The van der Waals surface area contributed by atoms with Crippen molar-refractivity contribution in [2.45, 2.75) is 30.6 Å². The van der Waals surface area contributed by atoms with E-state index < -0.39 is 10.0 Å². The molecule has 1 aliphatic heterocycles. The molecule has 0 atom stereocenters. The Morgan fingerprint density at radius 3 is 2.25 bits per heavy atom. The van der Waals surface area contributed by atoms with E-state index in [0.717, 1.165) is 25.7 Å². The third kappa shape index (κ3) is 3.68. The normalized spacial score (nSPS) is 16.5. The van der Waals surface area contributed by atoms with Gasteiger partial charge in [0.1, 0.15) is 6.26 Å². The number of carbonyl (C=O) groups excluding carboxylic acids is 1. The fraction of sp³-hybridized carbons (Fsp3) is 0.353. The van der Waals surface area contributed by atoms with Gasteiger partial charge >= 0.3 is 0 Å². The summed E-state index contributed by atoms with van der Waals surface area (Å²) in [6.45, 7) is 1.14. The Labute approximate surface area is 141 Å². The number of benzene rings is 1. The van der Waals surface area contributed by atoms with Gasteiger partial charge in [-0.05, 0) is 43.2 Å². The Balaban J connectivity index is 1.72. The maximum Gasteiger partial charge on any atom is 0.258 e. The zero-order chi connectivity index (χ0) is 17.0. The van der Waals surface area contributed by atoms with Crippen molar-refractivity contribution in [3.8, 4) is 0 Å². The minimum Gasteiger partial charge on any atom is -0.472 e. The van der Waals surface area contributed by atoms with E-state index >= 15 is 0 Å². The molecular formula is C17H20N2O4S. The lowest BCUT2D eigenvalue weighted by Crippen LogP contribution is -2.31. The lowest BCUT2D eigenvalue weighted by Gasteiger charge is -2.20. The summed E-state index contributed by atoms with van der Waals surface area (Å²) in [5.41, 5.74) is 0.951. The van der Waals surface area contributed by atoms with Crippen LogP contribution in [0.25, 0.3) is 0 Å². The van der Waals surface area contributed by atoms with Gasteiger partial charge < -0.3 is 9.73 Å². The van der Waals surface area contributed by atoms with Crippen LogP contribution in [-0.4, -0.2) is 31.7 Å². The summed E-state index contributed by atoms with van der Waals surface area (Å²) in [5.74, 6) is -0.299. The van der Waals surface area contributed by atoms with Crippen LogP contribution in [-0.2, 0) is 10.0 Å². The number of sulfonamides is 1. The Morgan fingerprint density at radius 1 is 1.00 bits per heavy atom. The smallest absolute Gasteiger partial charge is 0.258 e. The maximum atomic E-state index is 12.7. The largest absolute Gasteiger partial charge is 0.472 e. The molecule has 0 unspecified atom stereocenters. The van der Waals surface area contributed by atoms with Gasteiger partial charge in [-0.1, -0.05) is 12.8 Å². The van der Waals surface area contributed by atoms with Gasteiger partial charge in [-0.15, -0.1) is 0 Å². The van der Waals surface area contributed by atoms with Crippen LogP contribution >= 0.6 is 0 Å². The first-order chi connectivity index (χ1) is 11.6. The maximum absolute atomic E-state index is 12.7. The Hall–Kier alpha value is -2.12. The third-order valence-electron chi connectivity index (χ3n) is 4.10. The molecule has 24 heavy (non-hydrogen) atoms. The molecule has 1 fully saturated rings. The summed E-state index contributed by atoms with van der Waals surface area (Å²) in [7, 11) is -3.47. The van der Waals surface area contributed by atoms with Crippen molar-refractivity contribution in [1.29, 1.82) is 0 Å². The second kappa shape index (κ2) is 7.19. The molecule has 2 aromatic rings. The van der Waals surface area contributed by atoms with Crippen molar-refractivity contribution in [3.05, 3.63) is 48.4 Å². The molecule has 1 aromatic heterocycles. The van der Waals surface area contributed by atoms with Gasteiger partial charge in [-0.2, -0.15) is 4.31 Å². The zero-order valence-electron chi connectivity index (χ0n) is 13.3. The topological polar surface area (TPSA) is 79.6 Å². The highest BCUT2D eigenvalue weighted by Crippen LogP contribution is 2.22. The Morgan fingerprint density at radius 2 is 1.67 bits per heavy atom. The van der Waals surface area contributed by atoms with Gasteiger partial charge in [0.15, 0.2) is 0 Å². The number of anilines is 1. The van der Waals surface area contributed by atoms with Crippen LogP contribution in [0.5, 0.6) is 0 Å². The van der Waals surface area contributed by atoms with Gasteiger partial charge in [0.05, 0.1) is 16.7 Å². The van der Waals surface area contributed by atoms with Crippen molar-refractivity contribution in [1.82, 2.24) is 4.31 Å². The highest BCUT2D eigenvalue weighted by atomic mass is 32.2. The number of hydrogen-bond acceptors (Lipinski definition) is 4. The van der Waals surface area contributed by atoms with E-state index in [1.54, 1.807) is 22.5 Å². The molecule has 3 rings (SSSR count).